The van der Waals surface area contributed by atoms with Crippen molar-refractivity contribution in [2.45, 2.75) is 6.92 Å². The highest BCUT2D eigenvalue weighted by molar-refractivity contribution is 6.09. The third-order valence-corrected chi connectivity index (χ3v) is 4.65. The number of ether oxygens (including phenoxy) is 1. The van der Waals surface area contributed by atoms with Gasteiger partial charge in [-0.1, -0.05) is 48.5 Å². The maximum absolute atomic E-state index is 13.3. The smallest absolute Gasteiger partial charge is 0.256 e. The Morgan fingerprint density at radius 3 is 2.38 bits per heavy atom. The van der Waals surface area contributed by atoms with Crippen LogP contribution < -0.4 is 0 Å². The van der Waals surface area contributed by atoms with Gasteiger partial charge in [0.25, 0.3) is 5.91 Å². The second kappa shape index (κ2) is 7.85. The van der Waals surface area contributed by atoms with E-state index < -0.39 is 0 Å². The summed E-state index contributed by atoms with van der Waals surface area (Å²) in [6.07, 6.45) is 0. The fourth-order valence-electron chi connectivity index (χ4n) is 3.43. The molecule has 134 valence electrons. The molecule has 1 amide bonds. The number of aryl methyl sites for hydroxylation is 1. The molecule has 1 aliphatic rings. The molecular formula is C21H21ClN2O2. The number of benzene rings is 2. The Hall–Kier alpha value is -2.43. The zero-order valence-corrected chi connectivity index (χ0v) is 15.5. The number of carbonyl (C=O) groups excluding carboxylic acids is 1. The average molecular weight is 369 g/mol. The van der Waals surface area contributed by atoms with Gasteiger partial charge in [0.05, 0.1) is 30.0 Å². The quantitative estimate of drug-likeness (QED) is 0.683. The number of fused-ring (bicyclic) bond motifs is 1. The van der Waals surface area contributed by atoms with E-state index in [1.54, 1.807) is 0 Å². The predicted octanol–water partition coefficient (Wildman–Crippen LogP) is 4.10. The minimum absolute atomic E-state index is 0. The molecule has 4 nitrogen and oxygen atoms in total. The van der Waals surface area contributed by atoms with Crippen molar-refractivity contribution < 1.29 is 9.53 Å². The van der Waals surface area contributed by atoms with Crippen molar-refractivity contribution in [2.75, 3.05) is 26.3 Å². The molecule has 2 aromatic carbocycles. The Balaban J connectivity index is 0.00000196. The lowest BCUT2D eigenvalue weighted by atomic mass is 9.93. The van der Waals surface area contributed by atoms with Gasteiger partial charge >= 0.3 is 0 Å². The van der Waals surface area contributed by atoms with E-state index >= 15 is 0 Å². The van der Waals surface area contributed by atoms with Crippen molar-refractivity contribution in [3.63, 3.8) is 0 Å². The summed E-state index contributed by atoms with van der Waals surface area (Å²) >= 11 is 0. The van der Waals surface area contributed by atoms with Gasteiger partial charge in [-0.3, -0.25) is 9.78 Å². The van der Waals surface area contributed by atoms with E-state index in [0.29, 0.717) is 31.9 Å². The van der Waals surface area contributed by atoms with E-state index in [2.05, 4.69) is 12.1 Å². The highest BCUT2D eigenvalue weighted by atomic mass is 35.5. The minimum Gasteiger partial charge on any atom is -0.378 e. The molecule has 4 rings (SSSR count). The zero-order chi connectivity index (χ0) is 17.2. The molecule has 0 radical (unpaired) electrons. The van der Waals surface area contributed by atoms with Crippen molar-refractivity contribution >= 4 is 29.2 Å². The molecule has 5 heteroatoms. The van der Waals surface area contributed by atoms with E-state index in [-0.39, 0.29) is 18.3 Å². The molecule has 26 heavy (non-hydrogen) atoms. The largest absolute Gasteiger partial charge is 0.378 e. The Morgan fingerprint density at radius 2 is 1.65 bits per heavy atom. The summed E-state index contributed by atoms with van der Waals surface area (Å²) in [7, 11) is 0. The number of morpholine rings is 1. The summed E-state index contributed by atoms with van der Waals surface area (Å²) < 4.78 is 5.39. The molecular weight excluding hydrogens is 348 g/mol. The lowest BCUT2D eigenvalue weighted by Crippen LogP contribution is -2.41. The van der Waals surface area contributed by atoms with Gasteiger partial charge in [-0.05, 0) is 18.6 Å². The predicted molar refractivity (Wildman–Crippen MR) is 106 cm³/mol. The Bertz CT molecular complexity index is 922. The molecule has 0 spiro atoms. The molecule has 1 aromatic heterocycles. The van der Waals surface area contributed by atoms with Crippen LogP contribution >= 0.6 is 12.4 Å². The Morgan fingerprint density at radius 1 is 1.00 bits per heavy atom. The molecule has 1 aliphatic heterocycles. The maximum atomic E-state index is 13.3. The highest BCUT2D eigenvalue weighted by Gasteiger charge is 2.25. The van der Waals surface area contributed by atoms with Gasteiger partial charge in [0.1, 0.15) is 0 Å². The van der Waals surface area contributed by atoms with Crippen LogP contribution in [0, 0.1) is 6.92 Å². The molecule has 0 N–H and O–H groups in total. The summed E-state index contributed by atoms with van der Waals surface area (Å²) in [5.41, 5.74) is 4.40. The molecule has 3 aromatic rings. The number of hydrogen-bond donors (Lipinski definition) is 0. The summed E-state index contributed by atoms with van der Waals surface area (Å²) in [6, 6.07) is 18.1. The van der Waals surface area contributed by atoms with Crippen LogP contribution in [0.4, 0.5) is 0 Å². The molecule has 0 saturated carbocycles. The lowest BCUT2D eigenvalue weighted by molar-refractivity contribution is 0.0302. The van der Waals surface area contributed by atoms with E-state index in [9.17, 15) is 4.79 Å². The fourth-order valence-corrected chi connectivity index (χ4v) is 3.43. The number of para-hydroxylation sites is 1. The molecule has 0 bridgehead atoms. The normalized spacial score (nSPS) is 14.1. The number of nitrogens with zero attached hydrogens (tertiary/aromatic N) is 2. The van der Waals surface area contributed by atoms with Gasteiger partial charge in [-0.25, -0.2) is 0 Å². The maximum Gasteiger partial charge on any atom is 0.256 e. The van der Waals surface area contributed by atoms with Crippen molar-refractivity contribution in [2.24, 2.45) is 0 Å². The van der Waals surface area contributed by atoms with E-state index in [4.69, 9.17) is 9.72 Å². The number of rotatable bonds is 2. The van der Waals surface area contributed by atoms with Gasteiger partial charge in [0.15, 0.2) is 0 Å². The average Bonchev–Trinajstić information content (AvgIpc) is 2.68. The fraction of sp³-hybridized carbons (Fsp3) is 0.238. The van der Waals surface area contributed by atoms with Gasteiger partial charge in [0.2, 0.25) is 0 Å². The third kappa shape index (κ3) is 3.30. The van der Waals surface area contributed by atoms with Crippen LogP contribution in [-0.2, 0) is 4.74 Å². The zero-order valence-electron chi connectivity index (χ0n) is 14.6. The number of amides is 1. The van der Waals surface area contributed by atoms with Crippen LogP contribution in [0.25, 0.3) is 22.0 Å². The Labute approximate surface area is 159 Å². The molecule has 0 aliphatic carbocycles. The number of carbonyl (C=O) groups is 1. The van der Waals surface area contributed by atoms with Crippen molar-refractivity contribution in [1.82, 2.24) is 9.88 Å². The van der Waals surface area contributed by atoms with Crippen LogP contribution in [0.1, 0.15) is 16.1 Å². The SMILES string of the molecule is Cc1nc2ccccc2c(-c2ccccc2)c1C(=O)N1CCOCC1.Cl. The summed E-state index contributed by atoms with van der Waals surface area (Å²) in [4.78, 5) is 19.9. The van der Waals surface area contributed by atoms with E-state index in [1.165, 1.54) is 0 Å². The highest BCUT2D eigenvalue weighted by Crippen LogP contribution is 2.33. The number of aromatic nitrogens is 1. The summed E-state index contributed by atoms with van der Waals surface area (Å²) in [5, 5.41) is 1.01. The summed E-state index contributed by atoms with van der Waals surface area (Å²) in [6.45, 7) is 4.35. The molecule has 2 heterocycles. The first-order valence-corrected chi connectivity index (χ1v) is 8.57. The molecule has 1 saturated heterocycles. The van der Waals surface area contributed by atoms with Gasteiger partial charge < -0.3 is 9.64 Å². The molecule has 0 atom stereocenters. The van der Waals surface area contributed by atoms with Crippen LogP contribution in [-0.4, -0.2) is 42.1 Å². The van der Waals surface area contributed by atoms with Gasteiger partial charge in [0, 0.05) is 24.0 Å². The number of pyridine rings is 1. The molecule has 0 unspecified atom stereocenters. The standard InChI is InChI=1S/C21H20N2O2.ClH/c1-15-19(21(24)23-11-13-25-14-12-23)20(16-7-3-2-4-8-16)17-9-5-6-10-18(17)22-15;/h2-10H,11-14H2,1H3;1H. The first kappa shape index (κ1) is 18.4. The molecule has 1 fully saturated rings. The van der Waals surface area contributed by atoms with E-state index in [0.717, 1.165) is 27.7 Å². The number of hydrogen-bond acceptors (Lipinski definition) is 3. The Kier molecular flexibility index (Phi) is 5.55. The van der Waals surface area contributed by atoms with Gasteiger partial charge in [-0.2, -0.15) is 0 Å². The lowest BCUT2D eigenvalue weighted by Gasteiger charge is -2.28. The van der Waals surface area contributed by atoms with Crippen molar-refractivity contribution in [1.29, 1.82) is 0 Å². The second-order valence-corrected chi connectivity index (χ2v) is 6.23. The van der Waals surface area contributed by atoms with Crippen LogP contribution in [0.2, 0.25) is 0 Å². The van der Waals surface area contributed by atoms with Crippen LogP contribution in [0.3, 0.4) is 0 Å². The second-order valence-electron chi connectivity index (χ2n) is 6.23. The monoisotopic (exact) mass is 368 g/mol. The van der Waals surface area contributed by atoms with Crippen LogP contribution in [0.15, 0.2) is 54.6 Å². The third-order valence-electron chi connectivity index (χ3n) is 4.65. The van der Waals surface area contributed by atoms with Crippen molar-refractivity contribution in [3.05, 3.63) is 65.9 Å². The minimum atomic E-state index is 0. The van der Waals surface area contributed by atoms with Crippen LogP contribution in [0.5, 0.6) is 0 Å². The topological polar surface area (TPSA) is 42.4 Å². The van der Waals surface area contributed by atoms with Crippen molar-refractivity contribution in [3.8, 4) is 11.1 Å². The first-order valence-electron chi connectivity index (χ1n) is 8.57. The van der Waals surface area contributed by atoms with E-state index in [1.807, 2.05) is 54.3 Å². The number of halogens is 1. The summed E-state index contributed by atoms with van der Waals surface area (Å²) in [5.74, 6) is 0.0397. The first-order chi connectivity index (χ1) is 12.3. The van der Waals surface area contributed by atoms with Gasteiger partial charge in [-0.15, -0.1) is 12.4 Å².